The molecule has 0 aliphatic carbocycles. The van der Waals surface area contributed by atoms with Crippen LogP contribution in [0, 0.1) is 11.6 Å². The highest BCUT2D eigenvalue weighted by Gasteiger charge is 2.13. The fourth-order valence-electron chi connectivity index (χ4n) is 1.11. The number of carbonyl (C=O) groups excluding carboxylic acids is 1. The number of halogens is 3. The second kappa shape index (κ2) is 5.21. The molecule has 5 heteroatoms. The van der Waals surface area contributed by atoms with Crippen LogP contribution >= 0.6 is 15.9 Å². The molecule has 1 aromatic carbocycles. The van der Waals surface area contributed by atoms with E-state index in [4.69, 9.17) is 0 Å². The Morgan fingerprint density at radius 2 is 2.13 bits per heavy atom. The number of benzene rings is 1. The van der Waals surface area contributed by atoms with Crippen molar-refractivity contribution >= 4 is 21.9 Å². The van der Waals surface area contributed by atoms with Gasteiger partial charge in [0.05, 0.1) is 13.0 Å². The maximum Gasteiger partial charge on any atom is 0.310 e. The predicted octanol–water partition coefficient (Wildman–Crippen LogP) is 2.83. The first-order valence-electron chi connectivity index (χ1n) is 4.33. The molecule has 0 aliphatic heterocycles. The number of hydrogen-bond donors (Lipinski definition) is 0. The van der Waals surface area contributed by atoms with Crippen LogP contribution in [0.1, 0.15) is 12.5 Å². The highest BCUT2D eigenvalue weighted by Crippen LogP contribution is 2.19. The standard InChI is InChI=1S/C10H9BrF2O2/c1-2-15-9(14)4-6-3-7(11)5-8(12)10(6)13/h3,5H,2,4H2,1H3. The van der Waals surface area contributed by atoms with Gasteiger partial charge in [0.2, 0.25) is 0 Å². The molecule has 0 aromatic heterocycles. The molecule has 1 rings (SSSR count). The molecule has 0 atom stereocenters. The van der Waals surface area contributed by atoms with Gasteiger partial charge in [0, 0.05) is 10.0 Å². The highest BCUT2D eigenvalue weighted by molar-refractivity contribution is 9.10. The van der Waals surface area contributed by atoms with Crippen LogP contribution in [0.15, 0.2) is 16.6 Å². The largest absolute Gasteiger partial charge is 0.466 e. The number of esters is 1. The fourth-order valence-corrected chi connectivity index (χ4v) is 1.58. The molecule has 0 heterocycles. The van der Waals surface area contributed by atoms with Crippen molar-refractivity contribution < 1.29 is 18.3 Å². The van der Waals surface area contributed by atoms with Crippen molar-refractivity contribution in [3.8, 4) is 0 Å². The summed E-state index contributed by atoms with van der Waals surface area (Å²) >= 11 is 3.02. The second-order valence-corrected chi connectivity index (χ2v) is 3.76. The minimum absolute atomic E-state index is 0.0136. The fraction of sp³-hybridized carbons (Fsp3) is 0.300. The molecule has 0 N–H and O–H groups in total. The van der Waals surface area contributed by atoms with Gasteiger partial charge in [-0.15, -0.1) is 0 Å². The Labute approximate surface area is 94.4 Å². The normalized spacial score (nSPS) is 10.1. The van der Waals surface area contributed by atoms with Crippen LogP contribution < -0.4 is 0 Å². The van der Waals surface area contributed by atoms with Crippen molar-refractivity contribution in [1.82, 2.24) is 0 Å². The lowest BCUT2D eigenvalue weighted by Crippen LogP contribution is -2.09. The van der Waals surface area contributed by atoms with E-state index in [-0.39, 0.29) is 18.6 Å². The van der Waals surface area contributed by atoms with Crippen LogP contribution in [-0.4, -0.2) is 12.6 Å². The molecule has 0 spiro atoms. The van der Waals surface area contributed by atoms with Gasteiger partial charge in [-0.1, -0.05) is 15.9 Å². The molecule has 0 unspecified atom stereocenters. The quantitative estimate of drug-likeness (QED) is 0.628. The van der Waals surface area contributed by atoms with Crippen molar-refractivity contribution in [3.05, 3.63) is 33.8 Å². The molecule has 0 amide bonds. The van der Waals surface area contributed by atoms with E-state index in [9.17, 15) is 13.6 Å². The molecule has 0 saturated carbocycles. The van der Waals surface area contributed by atoms with E-state index < -0.39 is 17.6 Å². The van der Waals surface area contributed by atoms with Crippen LogP contribution in [0.2, 0.25) is 0 Å². The maximum atomic E-state index is 13.2. The van der Waals surface area contributed by atoms with E-state index in [0.29, 0.717) is 4.47 Å². The summed E-state index contributed by atoms with van der Waals surface area (Å²) in [5.41, 5.74) is -0.0136. The summed E-state index contributed by atoms with van der Waals surface area (Å²) in [6.07, 6.45) is -0.268. The molecule has 0 fully saturated rings. The van der Waals surface area contributed by atoms with Crippen molar-refractivity contribution in [2.45, 2.75) is 13.3 Å². The van der Waals surface area contributed by atoms with E-state index >= 15 is 0 Å². The Bertz CT molecular complexity index is 380. The number of carbonyl (C=O) groups is 1. The van der Waals surface area contributed by atoms with Crippen molar-refractivity contribution in [3.63, 3.8) is 0 Å². The number of ether oxygens (including phenoxy) is 1. The van der Waals surface area contributed by atoms with E-state index in [2.05, 4.69) is 20.7 Å². The minimum atomic E-state index is -1.01. The summed E-state index contributed by atoms with van der Waals surface area (Å²) < 4.78 is 31.1. The summed E-state index contributed by atoms with van der Waals surface area (Å²) in [7, 11) is 0. The Kier molecular flexibility index (Phi) is 4.20. The van der Waals surface area contributed by atoms with Crippen molar-refractivity contribution in [2.24, 2.45) is 0 Å². The molecular formula is C10H9BrF2O2. The summed E-state index contributed by atoms with van der Waals surface area (Å²) in [6.45, 7) is 1.87. The summed E-state index contributed by atoms with van der Waals surface area (Å²) in [5, 5.41) is 0. The van der Waals surface area contributed by atoms with E-state index in [1.165, 1.54) is 6.07 Å². The van der Waals surface area contributed by atoms with Gasteiger partial charge < -0.3 is 4.74 Å². The van der Waals surface area contributed by atoms with Gasteiger partial charge in [0.1, 0.15) is 0 Å². The molecule has 0 saturated heterocycles. The van der Waals surface area contributed by atoms with Gasteiger partial charge in [0.15, 0.2) is 11.6 Å². The molecular weight excluding hydrogens is 270 g/mol. The minimum Gasteiger partial charge on any atom is -0.466 e. The summed E-state index contributed by atoms with van der Waals surface area (Å²) in [4.78, 5) is 11.1. The van der Waals surface area contributed by atoms with Crippen LogP contribution in [-0.2, 0) is 16.0 Å². The molecule has 0 radical (unpaired) electrons. The van der Waals surface area contributed by atoms with Gasteiger partial charge in [-0.05, 0) is 19.1 Å². The lowest BCUT2D eigenvalue weighted by Gasteiger charge is -2.04. The predicted molar refractivity (Wildman–Crippen MR) is 54.4 cm³/mol. The van der Waals surface area contributed by atoms with Gasteiger partial charge >= 0.3 is 5.97 Å². The first kappa shape index (κ1) is 12.1. The Morgan fingerprint density at radius 3 is 2.73 bits per heavy atom. The number of hydrogen-bond acceptors (Lipinski definition) is 2. The van der Waals surface area contributed by atoms with Gasteiger partial charge in [-0.25, -0.2) is 8.78 Å². The van der Waals surface area contributed by atoms with Gasteiger partial charge in [0.25, 0.3) is 0 Å². The SMILES string of the molecule is CCOC(=O)Cc1cc(Br)cc(F)c1F. The number of rotatable bonds is 3. The summed E-state index contributed by atoms with van der Waals surface area (Å²) in [5.74, 6) is -2.57. The Morgan fingerprint density at radius 1 is 1.47 bits per heavy atom. The Hall–Kier alpha value is -0.970. The third-order valence-electron chi connectivity index (χ3n) is 1.71. The van der Waals surface area contributed by atoms with Crippen LogP contribution in [0.4, 0.5) is 8.78 Å². The van der Waals surface area contributed by atoms with Crippen molar-refractivity contribution in [1.29, 1.82) is 0 Å². The molecule has 15 heavy (non-hydrogen) atoms. The van der Waals surface area contributed by atoms with Gasteiger partial charge in [-0.3, -0.25) is 4.79 Å². The molecule has 0 bridgehead atoms. The molecule has 1 aromatic rings. The first-order chi connectivity index (χ1) is 7.04. The first-order valence-corrected chi connectivity index (χ1v) is 5.13. The van der Waals surface area contributed by atoms with Crippen LogP contribution in [0.25, 0.3) is 0 Å². The lowest BCUT2D eigenvalue weighted by atomic mass is 10.1. The molecule has 82 valence electrons. The lowest BCUT2D eigenvalue weighted by molar-refractivity contribution is -0.142. The van der Waals surface area contributed by atoms with Crippen LogP contribution in [0.3, 0.4) is 0 Å². The van der Waals surface area contributed by atoms with Crippen molar-refractivity contribution in [2.75, 3.05) is 6.61 Å². The summed E-state index contributed by atoms with van der Waals surface area (Å²) in [6, 6.07) is 2.36. The van der Waals surface area contributed by atoms with Gasteiger partial charge in [-0.2, -0.15) is 0 Å². The maximum absolute atomic E-state index is 13.2. The van der Waals surface area contributed by atoms with E-state index in [1.807, 2.05) is 0 Å². The third-order valence-corrected chi connectivity index (χ3v) is 2.17. The topological polar surface area (TPSA) is 26.3 Å². The van der Waals surface area contributed by atoms with Crippen LogP contribution in [0.5, 0.6) is 0 Å². The molecule has 0 aliphatic rings. The van der Waals surface area contributed by atoms with E-state index in [1.54, 1.807) is 6.92 Å². The zero-order valence-corrected chi connectivity index (χ0v) is 9.61. The van der Waals surface area contributed by atoms with E-state index in [0.717, 1.165) is 6.07 Å². The Balaban J connectivity index is 2.89. The zero-order chi connectivity index (χ0) is 11.4. The third kappa shape index (κ3) is 3.27. The average molecular weight is 279 g/mol. The highest BCUT2D eigenvalue weighted by atomic mass is 79.9. The monoisotopic (exact) mass is 278 g/mol. The second-order valence-electron chi connectivity index (χ2n) is 2.84. The average Bonchev–Trinajstić information content (AvgIpc) is 2.13. The zero-order valence-electron chi connectivity index (χ0n) is 8.02. The smallest absolute Gasteiger partial charge is 0.310 e. The molecule has 2 nitrogen and oxygen atoms in total.